The second kappa shape index (κ2) is 10.3. The zero-order chi connectivity index (χ0) is 27.8. The number of carbonyl (C=O) groups excluding carboxylic acids is 1. The van der Waals surface area contributed by atoms with Gasteiger partial charge in [-0.05, 0) is 29.3 Å². The Kier molecular flexibility index (Phi) is 6.33. The van der Waals surface area contributed by atoms with Crippen LogP contribution in [0.2, 0.25) is 5.02 Å². The molecule has 2 aliphatic heterocycles. The van der Waals surface area contributed by atoms with Gasteiger partial charge in [0.05, 0.1) is 23.0 Å². The van der Waals surface area contributed by atoms with Crippen molar-refractivity contribution in [1.29, 1.82) is 0 Å². The maximum absolute atomic E-state index is 15.1. The minimum absolute atomic E-state index is 0.126. The summed E-state index contributed by atoms with van der Waals surface area (Å²) in [6.45, 7) is 0. The molecule has 5 aromatic rings. The zero-order valence-electron chi connectivity index (χ0n) is 22.2. The number of para-hydroxylation sites is 2. The molecule has 4 nitrogen and oxygen atoms in total. The third-order valence-corrected chi connectivity index (χ3v) is 8.18. The van der Waals surface area contributed by atoms with Gasteiger partial charge in [0.15, 0.2) is 0 Å². The molecule has 0 saturated carbocycles. The number of ether oxygens (including phenoxy) is 1. The summed E-state index contributed by atoms with van der Waals surface area (Å²) in [5.41, 5.74) is 4.39. The van der Waals surface area contributed by atoms with E-state index in [0.29, 0.717) is 22.8 Å². The average molecular weight is 555 g/mol. The summed E-state index contributed by atoms with van der Waals surface area (Å²) in [6.07, 6.45) is 0.416. The SMILES string of the molecule is O=C1C(c2ccccc2)=C(c2ccccc2)O[C@@]2(c3ccccc3)C[C@@H](c3ccccc3Cl)Nc3ccccc3N12. The summed E-state index contributed by atoms with van der Waals surface area (Å²) in [7, 11) is 0. The predicted molar refractivity (Wildman–Crippen MR) is 165 cm³/mol. The van der Waals surface area contributed by atoms with Crippen LogP contribution in [0.5, 0.6) is 0 Å². The molecule has 0 aromatic heterocycles. The van der Waals surface area contributed by atoms with Crippen LogP contribution in [0, 0.1) is 0 Å². The van der Waals surface area contributed by atoms with E-state index in [4.69, 9.17) is 16.3 Å². The van der Waals surface area contributed by atoms with Crippen molar-refractivity contribution in [3.05, 3.63) is 167 Å². The predicted octanol–water partition coefficient (Wildman–Crippen LogP) is 8.68. The second-order valence-electron chi connectivity index (χ2n) is 10.3. The number of nitrogens with zero attached hydrogens (tertiary/aromatic N) is 1. The molecular formula is C36H27ClN2O2. The fourth-order valence-electron chi connectivity index (χ4n) is 5.98. The molecule has 5 aromatic carbocycles. The maximum atomic E-state index is 15.1. The number of nitrogens with one attached hydrogen (secondary N) is 1. The monoisotopic (exact) mass is 554 g/mol. The number of hydrogen-bond acceptors (Lipinski definition) is 3. The van der Waals surface area contributed by atoms with Crippen LogP contribution in [0.25, 0.3) is 11.3 Å². The first-order valence-corrected chi connectivity index (χ1v) is 14.1. The highest BCUT2D eigenvalue weighted by Crippen LogP contribution is 2.54. The van der Waals surface area contributed by atoms with E-state index >= 15 is 4.79 Å². The number of anilines is 2. The lowest BCUT2D eigenvalue weighted by Crippen LogP contribution is -2.55. The fraction of sp³-hybridized carbons (Fsp3) is 0.0833. The highest BCUT2D eigenvalue weighted by atomic mass is 35.5. The first-order chi connectivity index (χ1) is 20.2. The lowest BCUT2D eigenvalue weighted by atomic mass is 9.86. The van der Waals surface area contributed by atoms with E-state index in [9.17, 15) is 0 Å². The number of fused-ring (bicyclic) bond motifs is 3. The average Bonchev–Trinajstić information content (AvgIpc) is 3.18. The van der Waals surface area contributed by atoms with Crippen LogP contribution in [-0.2, 0) is 15.3 Å². The Hall–Kier alpha value is -4.80. The van der Waals surface area contributed by atoms with Crippen molar-refractivity contribution in [2.45, 2.75) is 18.2 Å². The van der Waals surface area contributed by atoms with Gasteiger partial charge in [-0.1, -0.05) is 133 Å². The molecule has 41 heavy (non-hydrogen) atoms. The van der Waals surface area contributed by atoms with Crippen molar-refractivity contribution in [2.75, 3.05) is 10.2 Å². The molecule has 0 spiro atoms. The number of hydrogen-bond donors (Lipinski definition) is 1. The third-order valence-electron chi connectivity index (χ3n) is 7.84. The standard InChI is InChI=1S/C36H27ClN2O2/c37-29-21-11-10-20-28(29)31-24-36(27-18-8-3-9-19-27)39(32-23-13-12-22-30(32)38-31)35(40)33(25-14-4-1-5-15-25)34(41-36)26-16-6-2-7-17-26/h1-23,31,38H,24H2/t31-,36+/m0/s1. The number of rotatable bonds is 4. The van der Waals surface area contributed by atoms with Crippen molar-refractivity contribution in [1.82, 2.24) is 0 Å². The number of amides is 1. The van der Waals surface area contributed by atoms with Crippen molar-refractivity contribution in [3.8, 4) is 0 Å². The molecule has 0 aliphatic carbocycles. The Morgan fingerprint density at radius 1 is 0.707 bits per heavy atom. The minimum atomic E-state index is -1.18. The van der Waals surface area contributed by atoms with Crippen molar-refractivity contribution >= 4 is 40.2 Å². The molecule has 2 aliphatic rings. The molecule has 1 amide bonds. The Morgan fingerprint density at radius 2 is 1.29 bits per heavy atom. The van der Waals surface area contributed by atoms with Crippen LogP contribution in [0.15, 0.2) is 140 Å². The Bertz CT molecular complexity index is 1750. The van der Waals surface area contributed by atoms with Crippen molar-refractivity contribution in [2.24, 2.45) is 0 Å². The van der Waals surface area contributed by atoms with Gasteiger partial charge >= 0.3 is 0 Å². The molecular weight excluding hydrogens is 528 g/mol. The molecule has 0 bridgehead atoms. The molecule has 200 valence electrons. The van der Waals surface area contributed by atoms with Gasteiger partial charge in [-0.3, -0.25) is 9.69 Å². The fourth-order valence-corrected chi connectivity index (χ4v) is 6.25. The van der Waals surface area contributed by atoms with E-state index in [2.05, 4.69) is 5.32 Å². The Balaban J connectivity index is 1.55. The molecule has 2 atom stereocenters. The molecule has 7 rings (SSSR count). The first kappa shape index (κ1) is 25.2. The van der Waals surface area contributed by atoms with Gasteiger partial charge in [0.25, 0.3) is 5.91 Å². The largest absolute Gasteiger partial charge is 0.462 e. The molecule has 0 unspecified atom stereocenters. The van der Waals surface area contributed by atoms with Crippen LogP contribution in [-0.4, -0.2) is 5.91 Å². The van der Waals surface area contributed by atoms with Crippen molar-refractivity contribution in [3.63, 3.8) is 0 Å². The van der Waals surface area contributed by atoms with Crippen LogP contribution < -0.4 is 10.2 Å². The van der Waals surface area contributed by atoms with E-state index in [-0.39, 0.29) is 11.9 Å². The summed E-state index contributed by atoms with van der Waals surface area (Å²) in [5.74, 6) is 0.429. The molecule has 0 fully saturated rings. The zero-order valence-corrected chi connectivity index (χ0v) is 23.0. The Labute approximate surface area is 244 Å². The molecule has 0 saturated heterocycles. The Morgan fingerprint density at radius 3 is 2.00 bits per heavy atom. The molecule has 5 heteroatoms. The van der Waals surface area contributed by atoms with Gasteiger partial charge in [-0.25, -0.2) is 0 Å². The maximum Gasteiger partial charge on any atom is 0.266 e. The lowest BCUT2D eigenvalue weighted by molar-refractivity contribution is -0.120. The van der Waals surface area contributed by atoms with Crippen molar-refractivity contribution < 1.29 is 9.53 Å². The molecule has 1 N–H and O–H groups in total. The summed E-state index contributed by atoms with van der Waals surface area (Å²) in [4.78, 5) is 16.9. The van der Waals surface area contributed by atoms with Gasteiger partial charge in [-0.15, -0.1) is 0 Å². The number of halogens is 1. The number of benzene rings is 5. The van der Waals surface area contributed by atoms with Crippen LogP contribution >= 0.6 is 11.6 Å². The van der Waals surface area contributed by atoms with E-state index < -0.39 is 5.72 Å². The van der Waals surface area contributed by atoms with Crippen LogP contribution in [0.3, 0.4) is 0 Å². The van der Waals surface area contributed by atoms with Gasteiger partial charge in [0.2, 0.25) is 5.72 Å². The normalized spacial score (nSPS) is 19.9. The van der Waals surface area contributed by atoms with Gasteiger partial charge in [0.1, 0.15) is 5.76 Å². The van der Waals surface area contributed by atoms with E-state index in [1.54, 1.807) is 0 Å². The topological polar surface area (TPSA) is 41.6 Å². The molecule has 2 heterocycles. The van der Waals surface area contributed by atoms with Crippen LogP contribution in [0.1, 0.15) is 34.7 Å². The molecule has 0 radical (unpaired) electrons. The van der Waals surface area contributed by atoms with Gasteiger partial charge in [-0.2, -0.15) is 0 Å². The van der Waals surface area contributed by atoms with Gasteiger partial charge < -0.3 is 10.1 Å². The third kappa shape index (κ3) is 4.28. The highest BCUT2D eigenvalue weighted by Gasteiger charge is 2.54. The first-order valence-electron chi connectivity index (χ1n) is 13.7. The summed E-state index contributed by atoms with van der Waals surface area (Å²) in [6, 6.07) is 45.2. The van der Waals surface area contributed by atoms with E-state index in [1.807, 2.05) is 144 Å². The van der Waals surface area contributed by atoms with E-state index in [0.717, 1.165) is 33.6 Å². The minimum Gasteiger partial charge on any atom is -0.462 e. The lowest BCUT2D eigenvalue weighted by Gasteiger charge is -2.48. The summed E-state index contributed by atoms with van der Waals surface area (Å²) < 4.78 is 7.32. The van der Waals surface area contributed by atoms with E-state index in [1.165, 1.54) is 0 Å². The summed E-state index contributed by atoms with van der Waals surface area (Å²) in [5, 5.41) is 4.38. The smallest absolute Gasteiger partial charge is 0.266 e. The van der Waals surface area contributed by atoms with Crippen LogP contribution in [0.4, 0.5) is 11.4 Å². The van der Waals surface area contributed by atoms with Gasteiger partial charge in [0, 0.05) is 22.6 Å². The number of carbonyl (C=O) groups is 1. The quantitative estimate of drug-likeness (QED) is 0.241. The highest BCUT2D eigenvalue weighted by molar-refractivity contribution is 6.33. The summed E-state index contributed by atoms with van der Waals surface area (Å²) >= 11 is 6.79. The second-order valence-corrected chi connectivity index (χ2v) is 10.7.